The van der Waals surface area contributed by atoms with E-state index in [-0.39, 0.29) is 12.6 Å². The molecule has 5 heteroatoms. The number of hydrogen-bond acceptors (Lipinski definition) is 4. The second-order valence-electron chi connectivity index (χ2n) is 5.51. The predicted octanol–water partition coefficient (Wildman–Crippen LogP) is 2.78. The molecule has 0 unspecified atom stereocenters. The molecular weight excluding hydrogens is 304 g/mol. The monoisotopic (exact) mass is 325 g/mol. The molecule has 124 valence electrons. The first-order chi connectivity index (χ1) is 11.8. The minimum absolute atomic E-state index is 0.0988. The van der Waals surface area contributed by atoms with Gasteiger partial charge in [-0.3, -0.25) is 0 Å². The SMILES string of the molecule is CCOC(=O)c1c[nH+]c2c(ccc3ccccc32)c1NCCCO. The van der Waals surface area contributed by atoms with E-state index in [2.05, 4.69) is 22.4 Å². The minimum atomic E-state index is -0.365. The van der Waals surface area contributed by atoms with Gasteiger partial charge in [-0.2, -0.15) is 0 Å². The summed E-state index contributed by atoms with van der Waals surface area (Å²) in [4.78, 5) is 15.5. The van der Waals surface area contributed by atoms with Crippen molar-refractivity contribution in [2.45, 2.75) is 13.3 Å². The fraction of sp³-hybridized carbons (Fsp3) is 0.263. The number of benzene rings is 2. The Morgan fingerprint density at radius 3 is 2.83 bits per heavy atom. The van der Waals surface area contributed by atoms with Crippen molar-refractivity contribution < 1.29 is 19.6 Å². The van der Waals surface area contributed by atoms with Crippen LogP contribution >= 0.6 is 0 Å². The van der Waals surface area contributed by atoms with Crippen molar-refractivity contribution >= 4 is 33.3 Å². The average Bonchev–Trinajstić information content (AvgIpc) is 2.61. The summed E-state index contributed by atoms with van der Waals surface area (Å²) in [6.07, 6.45) is 2.30. The molecule has 0 bridgehead atoms. The standard InChI is InChI=1S/C19H20N2O3/c1-2-24-19(23)16-12-21-17-14-7-4-3-6-13(14)8-9-15(17)18(16)20-10-5-11-22/h3-4,6-9,12,22H,2,5,10-11H2,1H3,(H,20,21)/p+1. The maximum Gasteiger partial charge on any atom is 0.346 e. The number of rotatable bonds is 6. The van der Waals surface area contributed by atoms with Crippen molar-refractivity contribution in [3.8, 4) is 0 Å². The van der Waals surface area contributed by atoms with Gasteiger partial charge in [-0.1, -0.05) is 24.3 Å². The van der Waals surface area contributed by atoms with Crippen LogP contribution in [0.4, 0.5) is 5.69 Å². The summed E-state index contributed by atoms with van der Waals surface area (Å²) in [6, 6.07) is 12.1. The number of anilines is 1. The summed E-state index contributed by atoms with van der Waals surface area (Å²) < 4.78 is 5.16. The highest BCUT2D eigenvalue weighted by Crippen LogP contribution is 2.30. The van der Waals surface area contributed by atoms with Crippen LogP contribution in [0.3, 0.4) is 0 Å². The summed E-state index contributed by atoms with van der Waals surface area (Å²) in [5.74, 6) is -0.365. The van der Waals surface area contributed by atoms with E-state index in [0.29, 0.717) is 25.1 Å². The van der Waals surface area contributed by atoms with Gasteiger partial charge < -0.3 is 15.2 Å². The van der Waals surface area contributed by atoms with Gasteiger partial charge >= 0.3 is 5.97 Å². The van der Waals surface area contributed by atoms with Crippen molar-refractivity contribution in [3.63, 3.8) is 0 Å². The van der Waals surface area contributed by atoms with Gasteiger partial charge in [-0.25, -0.2) is 9.78 Å². The topological polar surface area (TPSA) is 72.7 Å². The smallest absolute Gasteiger partial charge is 0.346 e. The van der Waals surface area contributed by atoms with Crippen molar-refractivity contribution in [2.24, 2.45) is 0 Å². The highest BCUT2D eigenvalue weighted by molar-refractivity contribution is 6.11. The van der Waals surface area contributed by atoms with Crippen molar-refractivity contribution in [1.29, 1.82) is 0 Å². The summed E-state index contributed by atoms with van der Waals surface area (Å²) in [5.41, 5.74) is 2.17. The first-order valence-electron chi connectivity index (χ1n) is 8.14. The highest BCUT2D eigenvalue weighted by Gasteiger charge is 2.21. The number of aliphatic hydroxyl groups is 1. The molecule has 1 heterocycles. The molecule has 0 fully saturated rings. The maximum absolute atomic E-state index is 12.3. The van der Waals surface area contributed by atoms with E-state index in [1.165, 1.54) is 0 Å². The Morgan fingerprint density at radius 2 is 2.04 bits per heavy atom. The van der Waals surface area contributed by atoms with Gasteiger partial charge in [0.2, 0.25) is 5.52 Å². The first-order valence-corrected chi connectivity index (χ1v) is 8.14. The van der Waals surface area contributed by atoms with E-state index in [1.807, 2.05) is 24.3 Å². The number of carbonyl (C=O) groups is 1. The zero-order chi connectivity index (χ0) is 16.9. The van der Waals surface area contributed by atoms with Gasteiger partial charge in [-0.15, -0.1) is 0 Å². The Labute approximate surface area is 140 Å². The summed E-state index contributed by atoms with van der Waals surface area (Å²) >= 11 is 0. The highest BCUT2D eigenvalue weighted by atomic mass is 16.5. The van der Waals surface area contributed by atoms with Gasteiger partial charge in [0.25, 0.3) is 0 Å². The number of aromatic nitrogens is 1. The Morgan fingerprint density at radius 1 is 1.21 bits per heavy atom. The number of nitrogens with one attached hydrogen (secondary N) is 2. The van der Waals surface area contributed by atoms with Crippen LogP contribution in [0.15, 0.2) is 42.6 Å². The lowest BCUT2D eigenvalue weighted by molar-refractivity contribution is -0.343. The lowest BCUT2D eigenvalue weighted by Crippen LogP contribution is -2.17. The maximum atomic E-state index is 12.3. The number of aliphatic hydroxyl groups excluding tert-OH is 1. The molecule has 3 rings (SSSR count). The fourth-order valence-electron chi connectivity index (χ4n) is 2.85. The fourth-order valence-corrected chi connectivity index (χ4v) is 2.85. The number of fused-ring (bicyclic) bond motifs is 3. The summed E-state index contributed by atoms with van der Waals surface area (Å²) in [6.45, 7) is 2.79. The predicted molar refractivity (Wildman–Crippen MR) is 94.2 cm³/mol. The second kappa shape index (κ2) is 7.27. The zero-order valence-corrected chi connectivity index (χ0v) is 13.6. The molecule has 3 aromatic rings. The van der Waals surface area contributed by atoms with Gasteiger partial charge in [0.1, 0.15) is 5.56 Å². The third-order valence-corrected chi connectivity index (χ3v) is 3.96. The molecule has 0 aliphatic carbocycles. The number of aromatic amines is 1. The van der Waals surface area contributed by atoms with Crippen LogP contribution < -0.4 is 10.3 Å². The van der Waals surface area contributed by atoms with Crippen LogP contribution in [0.25, 0.3) is 21.7 Å². The quantitative estimate of drug-likeness (QED) is 0.415. The number of H-pyrrole nitrogens is 1. The van der Waals surface area contributed by atoms with E-state index in [4.69, 9.17) is 9.84 Å². The number of carbonyl (C=O) groups excluding carboxylic acids is 1. The van der Waals surface area contributed by atoms with Crippen LogP contribution in [0.2, 0.25) is 0 Å². The molecule has 2 aromatic carbocycles. The van der Waals surface area contributed by atoms with Crippen LogP contribution in [0.1, 0.15) is 23.7 Å². The van der Waals surface area contributed by atoms with Gasteiger partial charge in [0, 0.05) is 13.2 Å². The molecule has 3 N–H and O–H groups in total. The lowest BCUT2D eigenvalue weighted by Gasteiger charge is -2.12. The van der Waals surface area contributed by atoms with E-state index in [0.717, 1.165) is 27.4 Å². The molecule has 5 nitrogen and oxygen atoms in total. The summed E-state index contributed by atoms with van der Waals surface area (Å²) in [5, 5.41) is 15.5. The van der Waals surface area contributed by atoms with Gasteiger partial charge in [0.05, 0.1) is 23.1 Å². The normalized spacial score (nSPS) is 10.9. The van der Waals surface area contributed by atoms with E-state index in [9.17, 15) is 4.79 Å². The molecule has 0 aliphatic rings. The van der Waals surface area contributed by atoms with E-state index in [1.54, 1.807) is 13.1 Å². The third kappa shape index (κ3) is 3.03. The molecule has 1 aromatic heterocycles. The molecule has 0 atom stereocenters. The van der Waals surface area contributed by atoms with Crippen molar-refractivity contribution in [3.05, 3.63) is 48.2 Å². The lowest BCUT2D eigenvalue weighted by atomic mass is 10.0. The molecule has 0 amide bonds. The molecule has 0 saturated heterocycles. The molecular formula is C19H21N2O3+. The number of pyridine rings is 1. The van der Waals surface area contributed by atoms with Crippen LogP contribution in [-0.2, 0) is 4.74 Å². The van der Waals surface area contributed by atoms with Crippen LogP contribution in [-0.4, -0.2) is 30.8 Å². The van der Waals surface area contributed by atoms with Crippen molar-refractivity contribution in [2.75, 3.05) is 25.1 Å². The number of hydrogen-bond donors (Lipinski definition) is 2. The first kappa shape index (κ1) is 16.2. The average molecular weight is 325 g/mol. The number of ether oxygens (including phenoxy) is 1. The Balaban J connectivity index is 2.19. The number of esters is 1. The summed E-state index contributed by atoms with van der Waals surface area (Å²) in [7, 11) is 0. The Bertz CT molecular complexity index is 877. The molecule has 0 saturated carbocycles. The zero-order valence-electron chi connectivity index (χ0n) is 13.6. The van der Waals surface area contributed by atoms with E-state index >= 15 is 0 Å². The Kier molecular flexibility index (Phi) is 4.91. The van der Waals surface area contributed by atoms with Crippen molar-refractivity contribution in [1.82, 2.24) is 0 Å². The molecule has 0 radical (unpaired) electrons. The van der Waals surface area contributed by atoms with Gasteiger partial charge in [0.15, 0.2) is 6.20 Å². The molecule has 24 heavy (non-hydrogen) atoms. The second-order valence-corrected chi connectivity index (χ2v) is 5.51. The largest absolute Gasteiger partial charge is 0.462 e. The molecule has 0 spiro atoms. The minimum Gasteiger partial charge on any atom is -0.462 e. The third-order valence-electron chi connectivity index (χ3n) is 3.96. The molecule has 0 aliphatic heterocycles. The van der Waals surface area contributed by atoms with E-state index < -0.39 is 0 Å². The van der Waals surface area contributed by atoms with Gasteiger partial charge in [-0.05, 0) is 30.9 Å². The Hall–Kier alpha value is -2.66. The van der Waals surface area contributed by atoms with Crippen LogP contribution in [0.5, 0.6) is 0 Å². The van der Waals surface area contributed by atoms with Crippen LogP contribution in [0, 0.1) is 0 Å².